The Morgan fingerprint density at radius 2 is 2.05 bits per heavy atom. The fourth-order valence-electron chi connectivity index (χ4n) is 3.12. The van der Waals surface area contributed by atoms with Crippen molar-refractivity contribution in [3.05, 3.63) is 36.5 Å². The second-order valence-electron chi connectivity index (χ2n) is 5.75. The third-order valence-corrected chi connectivity index (χ3v) is 6.19. The van der Waals surface area contributed by atoms with E-state index in [4.69, 9.17) is 0 Å². The van der Waals surface area contributed by atoms with Crippen LogP contribution < -0.4 is 0 Å². The molecule has 2 atom stereocenters. The second kappa shape index (κ2) is 5.95. The Balaban J connectivity index is 2.11. The number of benzene rings is 1. The number of aromatic nitrogens is 1. The minimum Gasteiger partial charge on any atom is -0.392 e. The second-order valence-corrected chi connectivity index (χ2v) is 7.61. The van der Waals surface area contributed by atoms with Gasteiger partial charge in [0.05, 0.1) is 17.7 Å². The van der Waals surface area contributed by atoms with Crippen LogP contribution in [0.15, 0.2) is 41.4 Å². The average molecular weight is 320 g/mol. The third-order valence-electron chi connectivity index (χ3n) is 4.24. The van der Waals surface area contributed by atoms with Gasteiger partial charge in [0.1, 0.15) is 4.90 Å². The highest BCUT2D eigenvalue weighted by Crippen LogP contribution is 2.30. The molecule has 3 rings (SSSR count). The third kappa shape index (κ3) is 2.62. The van der Waals surface area contributed by atoms with Crippen LogP contribution in [0.3, 0.4) is 0 Å². The lowest BCUT2D eigenvalue weighted by molar-refractivity contribution is 0.0831. The molecule has 0 bridgehead atoms. The summed E-state index contributed by atoms with van der Waals surface area (Å²) in [5.74, 6) is 0. The van der Waals surface area contributed by atoms with Crippen LogP contribution >= 0.6 is 0 Å². The fraction of sp³-hybridized carbons (Fsp3) is 0.438. The zero-order chi connectivity index (χ0) is 15.7. The molecule has 1 aliphatic heterocycles. The van der Waals surface area contributed by atoms with Crippen LogP contribution in [-0.2, 0) is 10.0 Å². The molecule has 0 radical (unpaired) electrons. The lowest BCUT2D eigenvalue weighted by Gasteiger charge is -2.36. The molecule has 1 fully saturated rings. The number of fused-ring (bicyclic) bond motifs is 1. The van der Waals surface area contributed by atoms with Crippen molar-refractivity contribution in [2.45, 2.75) is 43.2 Å². The predicted molar refractivity (Wildman–Crippen MR) is 85.0 cm³/mol. The summed E-state index contributed by atoms with van der Waals surface area (Å²) >= 11 is 0. The van der Waals surface area contributed by atoms with Gasteiger partial charge >= 0.3 is 0 Å². The summed E-state index contributed by atoms with van der Waals surface area (Å²) in [5, 5.41) is 10.7. The minimum atomic E-state index is -3.67. The van der Waals surface area contributed by atoms with Crippen LogP contribution in [0.25, 0.3) is 10.9 Å². The number of nitrogens with zero attached hydrogens (tertiary/aromatic N) is 2. The molecular weight excluding hydrogens is 300 g/mol. The number of piperidine rings is 1. The Labute approximate surface area is 130 Å². The highest BCUT2D eigenvalue weighted by atomic mass is 32.2. The molecule has 22 heavy (non-hydrogen) atoms. The first-order chi connectivity index (χ1) is 10.5. The predicted octanol–water partition coefficient (Wildman–Crippen LogP) is 2.16. The van der Waals surface area contributed by atoms with Crippen LogP contribution in [0.5, 0.6) is 0 Å². The van der Waals surface area contributed by atoms with E-state index < -0.39 is 16.1 Å². The van der Waals surface area contributed by atoms with E-state index in [0.29, 0.717) is 18.5 Å². The van der Waals surface area contributed by atoms with Crippen LogP contribution in [0.4, 0.5) is 0 Å². The lowest BCUT2D eigenvalue weighted by Crippen LogP contribution is -2.48. The quantitative estimate of drug-likeness (QED) is 0.941. The van der Waals surface area contributed by atoms with Crippen molar-refractivity contribution in [3.8, 4) is 0 Å². The first-order valence-corrected chi connectivity index (χ1v) is 8.99. The van der Waals surface area contributed by atoms with Crippen molar-refractivity contribution >= 4 is 20.9 Å². The van der Waals surface area contributed by atoms with Gasteiger partial charge in [-0.3, -0.25) is 4.98 Å². The number of aliphatic hydroxyl groups is 1. The molecule has 1 saturated heterocycles. The Kier molecular flexibility index (Phi) is 4.16. The van der Waals surface area contributed by atoms with Gasteiger partial charge in [-0.1, -0.05) is 24.6 Å². The summed E-state index contributed by atoms with van der Waals surface area (Å²) < 4.78 is 27.6. The van der Waals surface area contributed by atoms with Crippen LogP contribution in [0.1, 0.15) is 26.2 Å². The lowest BCUT2D eigenvalue weighted by atomic mass is 10.0. The van der Waals surface area contributed by atoms with Crippen LogP contribution in [-0.4, -0.2) is 41.5 Å². The SMILES string of the molecule is C[C@@H](O)[C@H]1CCCCN1S(=O)(=O)c1cccc2cccnc12. The summed E-state index contributed by atoms with van der Waals surface area (Å²) in [5.41, 5.74) is 0.486. The number of pyridine rings is 1. The molecule has 0 aliphatic carbocycles. The van der Waals surface area contributed by atoms with Crippen molar-refractivity contribution < 1.29 is 13.5 Å². The summed E-state index contributed by atoms with van der Waals surface area (Å²) in [6.45, 7) is 2.10. The normalized spacial score (nSPS) is 21.8. The van der Waals surface area contributed by atoms with Gasteiger partial charge in [0.15, 0.2) is 0 Å². The Bertz CT molecular complexity index is 769. The van der Waals surface area contributed by atoms with Crippen molar-refractivity contribution in [1.82, 2.24) is 9.29 Å². The Hall–Kier alpha value is -1.50. The molecule has 0 amide bonds. The smallest absolute Gasteiger partial charge is 0.245 e. The highest BCUT2D eigenvalue weighted by molar-refractivity contribution is 7.89. The largest absolute Gasteiger partial charge is 0.392 e. The summed E-state index contributed by atoms with van der Waals surface area (Å²) in [4.78, 5) is 4.46. The van der Waals surface area contributed by atoms with E-state index >= 15 is 0 Å². The molecule has 1 aromatic carbocycles. The minimum absolute atomic E-state index is 0.221. The maximum absolute atomic E-state index is 13.1. The number of para-hydroxylation sites is 1. The van der Waals surface area contributed by atoms with Gasteiger partial charge in [0, 0.05) is 18.1 Å². The van der Waals surface area contributed by atoms with E-state index in [-0.39, 0.29) is 10.9 Å². The van der Waals surface area contributed by atoms with Gasteiger partial charge in [-0.15, -0.1) is 0 Å². The molecule has 0 saturated carbocycles. The van der Waals surface area contributed by atoms with Crippen LogP contribution in [0, 0.1) is 0 Å². The number of aliphatic hydroxyl groups excluding tert-OH is 1. The molecule has 1 aromatic heterocycles. The van der Waals surface area contributed by atoms with Crippen molar-refractivity contribution in [1.29, 1.82) is 0 Å². The molecule has 0 unspecified atom stereocenters. The molecule has 2 heterocycles. The Morgan fingerprint density at radius 3 is 2.82 bits per heavy atom. The fourth-order valence-corrected chi connectivity index (χ4v) is 5.05. The molecule has 2 aromatic rings. The van der Waals surface area contributed by atoms with E-state index in [1.165, 1.54) is 4.31 Å². The van der Waals surface area contributed by atoms with Crippen molar-refractivity contribution in [2.75, 3.05) is 6.54 Å². The molecule has 118 valence electrons. The van der Waals surface area contributed by atoms with E-state index in [1.807, 2.05) is 12.1 Å². The first kappa shape index (κ1) is 15.4. The standard InChI is InChI=1S/C16H20N2O3S/c1-12(19)14-8-2-3-11-18(14)22(20,21)15-9-4-6-13-7-5-10-17-16(13)15/h4-7,9-10,12,14,19H,2-3,8,11H2,1H3/t12-,14-/m1/s1. The maximum atomic E-state index is 13.1. The van der Waals surface area contributed by atoms with Gasteiger partial charge in [-0.25, -0.2) is 8.42 Å². The Morgan fingerprint density at radius 1 is 1.27 bits per heavy atom. The monoisotopic (exact) mass is 320 g/mol. The van der Waals surface area contributed by atoms with E-state index in [1.54, 1.807) is 31.3 Å². The zero-order valence-electron chi connectivity index (χ0n) is 12.5. The molecule has 0 spiro atoms. The number of hydrogen-bond donors (Lipinski definition) is 1. The molecule has 6 heteroatoms. The van der Waals surface area contributed by atoms with Gasteiger partial charge in [-0.05, 0) is 31.9 Å². The maximum Gasteiger partial charge on any atom is 0.245 e. The van der Waals surface area contributed by atoms with Gasteiger partial charge < -0.3 is 5.11 Å². The number of hydrogen-bond acceptors (Lipinski definition) is 4. The van der Waals surface area contributed by atoms with Crippen LogP contribution in [0.2, 0.25) is 0 Å². The molecule has 1 N–H and O–H groups in total. The van der Waals surface area contributed by atoms with E-state index in [0.717, 1.165) is 18.2 Å². The number of sulfonamides is 1. The number of rotatable bonds is 3. The molecular formula is C16H20N2O3S. The van der Waals surface area contributed by atoms with E-state index in [2.05, 4.69) is 4.98 Å². The molecule has 5 nitrogen and oxygen atoms in total. The zero-order valence-corrected chi connectivity index (χ0v) is 13.3. The highest BCUT2D eigenvalue weighted by Gasteiger charge is 2.36. The van der Waals surface area contributed by atoms with Gasteiger partial charge in [0.2, 0.25) is 10.0 Å². The first-order valence-electron chi connectivity index (χ1n) is 7.55. The summed E-state index contributed by atoms with van der Waals surface area (Å²) in [6.07, 6.45) is 3.37. The summed E-state index contributed by atoms with van der Waals surface area (Å²) in [7, 11) is -3.67. The van der Waals surface area contributed by atoms with Crippen molar-refractivity contribution in [2.24, 2.45) is 0 Å². The van der Waals surface area contributed by atoms with Gasteiger partial charge in [-0.2, -0.15) is 4.31 Å². The molecule has 1 aliphatic rings. The van der Waals surface area contributed by atoms with Gasteiger partial charge in [0.25, 0.3) is 0 Å². The average Bonchev–Trinajstić information content (AvgIpc) is 2.54. The topological polar surface area (TPSA) is 70.5 Å². The van der Waals surface area contributed by atoms with E-state index in [9.17, 15) is 13.5 Å². The summed E-state index contributed by atoms with van der Waals surface area (Å²) in [6, 6.07) is 8.46. The van der Waals surface area contributed by atoms with Crippen molar-refractivity contribution in [3.63, 3.8) is 0 Å².